The van der Waals surface area contributed by atoms with Crippen molar-refractivity contribution in [1.82, 2.24) is 0 Å². The van der Waals surface area contributed by atoms with Crippen LogP contribution in [-0.4, -0.2) is 5.78 Å². The molecule has 0 amide bonds. The highest BCUT2D eigenvalue weighted by Crippen LogP contribution is 2.09. The second-order valence-electron chi connectivity index (χ2n) is 5.04. The van der Waals surface area contributed by atoms with Gasteiger partial charge in [-0.3, -0.25) is 4.79 Å². The number of benzene rings is 1. The second kappa shape index (κ2) is 9.87. The van der Waals surface area contributed by atoms with Crippen molar-refractivity contribution in [3.05, 3.63) is 35.9 Å². The minimum Gasteiger partial charge on any atom is -0.300 e. The molecule has 1 aromatic rings. The second-order valence-corrected chi connectivity index (χ2v) is 5.04. The van der Waals surface area contributed by atoms with E-state index in [4.69, 9.17) is 0 Å². The van der Waals surface area contributed by atoms with E-state index in [1.165, 1.54) is 31.2 Å². The van der Waals surface area contributed by atoms with Gasteiger partial charge in [0.05, 0.1) is 0 Å². The maximum atomic E-state index is 11.6. The summed E-state index contributed by atoms with van der Waals surface area (Å²) in [4.78, 5) is 11.6. The van der Waals surface area contributed by atoms with Crippen LogP contribution in [0.15, 0.2) is 30.3 Å². The highest BCUT2D eigenvalue weighted by Gasteiger charge is 2.01. The summed E-state index contributed by atoms with van der Waals surface area (Å²) in [5.41, 5.74) is 1.41. The van der Waals surface area contributed by atoms with Gasteiger partial charge in [-0.25, -0.2) is 0 Å². The Bertz CT molecular complexity index is 316. The minimum atomic E-state index is 0.461. The molecule has 0 aliphatic rings. The van der Waals surface area contributed by atoms with Crippen LogP contribution in [-0.2, 0) is 11.2 Å². The van der Waals surface area contributed by atoms with Gasteiger partial charge in [0.2, 0.25) is 0 Å². The van der Waals surface area contributed by atoms with E-state index in [1.54, 1.807) is 0 Å². The third kappa shape index (κ3) is 7.26. The van der Waals surface area contributed by atoms with Crippen LogP contribution in [0.25, 0.3) is 0 Å². The molecule has 0 atom stereocenters. The number of Topliss-reactive ketones (excluding diaryl/α,β-unsaturated/α-hetero) is 1. The molecule has 0 N–H and O–H groups in total. The van der Waals surface area contributed by atoms with E-state index in [1.807, 2.05) is 0 Å². The number of rotatable bonds is 10. The number of hydrogen-bond acceptors (Lipinski definition) is 1. The van der Waals surface area contributed by atoms with E-state index in [0.717, 1.165) is 32.1 Å². The van der Waals surface area contributed by atoms with Crippen molar-refractivity contribution < 1.29 is 4.79 Å². The van der Waals surface area contributed by atoms with Gasteiger partial charge < -0.3 is 0 Å². The quantitative estimate of drug-likeness (QED) is 0.534. The topological polar surface area (TPSA) is 17.1 Å². The largest absolute Gasteiger partial charge is 0.300 e. The number of ketones is 1. The molecule has 18 heavy (non-hydrogen) atoms. The first-order valence-corrected chi connectivity index (χ1v) is 7.38. The Morgan fingerprint density at radius 2 is 1.56 bits per heavy atom. The Morgan fingerprint density at radius 3 is 2.22 bits per heavy atom. The third-order valence-corrected chi connectivity index (χ3v) is 3.32. The van der Waals surface area contributed by atoms with Gasteiger partial charge in [-0.15, -0.1) is 0 Å². The lowest BCUT2D eigenvalue weighted by Gasteiger charge is -2.02. The van der Waals surface area contributed by atoms with Crippen LogP contribution in [0.1, 0.15) is 63.9 Å². The molecule has 0 fully saturated rings. The van der Waals surface area contributed by atoms with Gasteiger partial charge in [-0.2, -0.15) is 0 Å². The molecule has 100 valence electrons. The van der Waals surface area contributed by atoms with E-state index in [2.05, 4.69) is 37.3 Å². The number of unbranched alkanes of at least 4 members (excludes halogenated alkanes) is 4. The fourth-order valence-electron chi connectivity index (χ4n) is 2.17. The molecule has 0 unspecified atom stereocenters. The van der Waals surface area contributed by atoms with Crippen molar-refractivity contribution in [2.75, 3.05) is 0 Å². The van der Waals surface area contributed by atoms with E-state index in [9.17, 15) is 4.79 Å². The van der Waals surface area contributed by atoms with Crippen molar-refractivity contribution in [2.45, 2.75) is 64.7 Å². The summed E-state index contributed by atoms with van der Waals surface area (Å²) < 4.78 is 0. The fourth-order valence-corrected chi connectivity index (χ4v) is 2.17. The molecule has 0 aliphatic carbocycles. The van der Waals surface area contributed by atoms with Crippen LogP contribution < -0.4 is 0 Å². The maximum absolute atomic E-state index is 11.6. The van der Waals surface area contributed by atoms with Crippen molar-refractivity contribution in [3.63, 3.8) is 0 Å². The molecule has 0 radical (unpaired) electrons. The molecule has 0 saturated heterocycles. The summed E-state index contributed by atoms with van der Waals surface area (Å²) in [6.07, 6.45) is 9.65. The Balaban J connectivity index is 1.97. The van der Waals surface area contributed by atoms with Crippen molar-refractivity contribution in [1.29, 1.82) is 0 Å². The molecule has 1 rings (SSSR count). The molecular weight excluding hydrogens is 220 g/mol. The van der Waals surface area contributed by atoms with Crippen LogP contribution in [0.3, 0.4) is 0 Å². The summed E-state index contributed by atoms with van der Waals surface area (Å²) >= 11 is 0. The van der Waals surface area contributed by atoms with Gasteiger partial charge in [0.1, 0.15) is 5.78 Å². The van der Waals surface area contributed by atoms with Crippen LogP contribution in [0.2, 0.25) is 0 Å². The molecule has 0 aliphatic heterocycles. The predicted octanol–water partition coefficient (Wildman–Crippen LogP) is 4.94. The summed E-state index contributed by atoms with van der Waals surface area (Å²) in [6.45, 7) is 2.17. The summed E-state index contributed by atoms with van der Waals surface area (Å²) in [5, 5.41) is 0. The van der Waals surface area contributed by atoms with Gasteiger partial charge >= 0.3 is 0 Å². The van der Waals surface area contributed by atoms with Crippen LogP contribution in [0.4, 0.5) is 0 Å². The molecule has 0 spiro atoms. The number of hydrogen-bond donors (Lipinski definition) is 0. The summed E-state index contributed by atoms with van der Waals surface area (Å²) in [5.74, 6) is 0.461. The zero-order chi connectivity index (χ0) is 13.1. The first-order chi connectivity index (χ1) is 8.83. The molecule has 0 saturated carbocycles. The van der Waals surface area contributed by atoms with Crippen LogP contribution >= 0.6 is 0 Å². The lowest BCUT2D eigenvalue weighted by atomic mass is 10.0. The Labute approximate surface area is 112 Å². The van der Waals surface area contributed by atoms with Crippen molar-refractivity contribution in [2.24, 2.45) is 0 Å². The minimum absolute atomic E-state index is 0.461. The highest BCUT2D eigenvalue weighted by molar-refractivity contribution is 5.78. The van der Waals surface area contributed by atoms with Gasteiger partial charge in [-0.1, -0.05) is 56.5 Å². The first-order valence-electron chi connectivity index (χ1n) is 7.38. The zero-order valence-corrected chi connectivity index (χ0v) is 11.7. The Hall–Kier alpha value is -1.11. The van der Waals surface area contributed by atoms with E-state index < -0.39 is 0 Å². The molecule has 1 nitrogen and oxygen atoms in total. The molecular formula is C17H26O. The molecule has 0 bridgehead atoms. The first kappa shape index (κ1) is 14.9. The maximum Gasteiger partial charge on any atom is 0.132 e. The van der Waals surface area contributed by atoms with Gasteiger partial charge in [0.25, 0.3) is 0 Å². The normalized spacial score (nSPS) is 10.5. The Kier molecular flexibility index (Phi) is 8.20. The number of aryl methyl sites for hydroxylation is 1. The third-order valence-electron chi connectivity index (χ3n) is 3.32. The average Bonchev–Trinajstić information content (AvgIpc) is 2.40. The average molecular weight is 246 g/mol. The zero-order valence-electron chi connectivity index (χ0n) is 11.7. The molecule has 0 heterocycles. The predicted molar refractivity (Wildman–Crippen MR) is 77.8 cm³/mol. The number of carbonyl (C=O) groups is 1. The summed E-state index contributed by atoms with van der Waals surface area (Å²) in [7, 11) is 0. The standard InChI is InChI=1S/C17H26O/c1-2-3-6-14-17(18)15-10-5-9-13-16-11-7-4-8-12-16/h4,7-8,11-12H,2-3,5-6,9-10,13-15H2,1H3. The molecule has 1 aromatic carbocycles. The monoisotopic (exact) mass is 246 g/mol. The molecule has 0 aromatic heterocycles. The van der Waals surface area contributed by atoms with E-state index in [0.29, 0.717) is 5.78 Å². The lowest BCUT2D eigenvalue weighted by molar-refractivity contribution is -0.119. The summed E-state index contributed by atoms with van der Waals surface area (Å²) in [6, 6.07) is 10.6. The SMILES string of the molecule is CCCCCC(=O)CCCCCc1ccccc1. The van der Waals surface area contributed by atoms with E-state index in [-0.39, 0.29) is 0 Å². The van der Waals surface area contributed by atoms with Crippen molar-refractivity contribution >= 4 is 5.78 Å². The van der Waals surface area contributed by atoms with Crippen molar-refractivity contribution in [3.8, 4) is 0 Å². The number of carbonyl (C=O) groups excluding carboxylic acids is 1. The fraction of sp³-hybridized carbons (Fsp3) is 0.588. The smallest absolute Gasteiger partial charge is 0.132 e. The van der Waals surface area contributed by atoms with Crippen LogP contribution in [0, 0.1) is 0 Å². The Morgan fingerprint density at radius 1 is 0.889 bits per heavy atom. The lowest BCUT2D eigenvalue weighted by Crippen LogP contribution is -1.97. The van der Waals surface area contributed by atoms with Gasteiger partial charge in [0, 0.05) is 12.8 Å². The van der Waals surface area contributed by atoms with Gasteiger partial charge in [0.15, 0.2) is 0 Å². The van der Waals surface area contributed by atoms with E-state index >= 15 is 0 Å². The highest BCUT2D eigenvalue weighted by atomic mass is 16.1. The molecule has 1 heteroatoms. The van der Waals surface area contributed by atoms with Gasteiger partial charge in [-0.05, 0) is 31.2 Å². The van der Waals surface area contributed by atoms with Crippen LogP contribution in [0.5, 0.6) is 0 Å².